The highest BCUT2D eigenvalue weighted by molar-refractivity contribution is 7.89. The molecule has 0 spiro atoms. The standard InChI is InChI=1S/C13H20N2O5S/c1-4-7-21(17,18)14-9-13(16)15-10-5-6-11(19-2)12(8-10)20-3/h5-6,8,14H,4,7,9H2,1-3H3,(H,15,16). The van der Waals surface area contributed by atoms with E-state index >= 15 is 0 Å². The average Bonchev–Trinajstić information content (AvgIpc) is 2.45. The second-order valence-corrected chi connectivity index (χ2v) is 6.18. The molecule has 0 fully saturated rings. The molecule has 8 heteroatoms. The van der Waals surface area contributed by atoms with Crippen molar-refractivity contribution in [1.29, 1.82) is 0 Å². The first-order valence-corrected chi connectivity index (χ1v) is 8.06. The van der Waals surface area contributed by atoms with E-state index in [9.17, 15) is 13.2 Å². The summed E-state index contributed by atoms with van der Waals surface area (Å²) in [7, 11) is -0.397. The van der Waals surface area contributed by atoms with Gasteiger partial charge in [-0.25, -0.2) is 13.1 Å². The van der Waals surface area contributed by atoms with Crippen LogP contribution in [-0.4, -0.2) is 40.8 Å². The van der Waals surface area contributed by atoms with E-state index in [1.807, 2.05) is 0 Å². The monoisotopic (exact) mass is 316 g/mol. The lowest BCUT2D eigenvalue weighted by molar-refractivity contribution is -0.115. The zero-order valence-corrected chi connectivity index (χ0v) is 13.1. The van der Waals surface area contributed by atoms with Crippen molar-refractivity contribution in [3.8, 4) is 11.5 Å². The topological polar surface area (TPSA) is 93.7 Å². The Morgan fingerprint density at radius 3 is 2.43 bits per heavy atom. The van der Waals surface area contributed by atoms with E-state index in [0.717, 1.165) is 0 Å². The molecule has 0 aliphatic heterocycles. The summed E-state index contributed by atoms with van der Waals surface area (Å²) in [4.78, 5) is 11.7. The van der Waals surface area contributed by atoms with Crippen LogP contribution in [0.25, 0.3) is 0 Å². The van der Waals surface area contributed by atoms with Gasteiger partial charge in [0.25, 0.3) is 0 Å². The van der Waals surface area contributed by atoms with Gasteiger partial charge < -0.3 is 14.8 Å². The predicted octanol–water partition coefficient (Wildman–Crippen LogP) is 0.972. The normalized spacial score (nSPS) is 11.0. The molecule has 0 heterocycles. The van der Waals surface area contributed by atoms with Gasteiger partial charge in [-0.3, -0.25) is 4.79 Å². The number of carbonyl (C=O) groups is 1. The Morgan fingerprint density at radius 2 is 1.86 bits per heavy atom. The summed E-state index contributed by atoms with van der Waals surface area (Å²) in [5, 5.41) is 2.58. The third-order valence-electron chi connectivity index (χ3n) is 2.59. The van der Waals surface area contributed by atoms with Crippen LogP contribution in [0.15, 0.2) is 18.2 Å². The van der Waals surface area contributed by atoms with Gasteiger partial charge in [-0.1, -0.05) is 6.92 Å². The van der Waals surface area contributed by atoms with Crippen LogP contribution in [0.4, 0.5) is 5.69 Å². The fourth-order valence-corrected chi connectivity index (χ4v) is 2.67. The zero-order chi connectivity index (χ0) is 15.9. The van der Waals surface area contributed by atoms with Crippen molar-refractivity contribution >= 4 is 21.6 Å². The van der Waals surface area contributed by atoms with Crippen molar-refractivity contribution in [1.82, 2.24) is 4.72 Å². The lowest BCUT2D eigenvalue weighted by Crippen LogP contribution is -2.34. The van der Waals surface area contributed by atoms with Gasteiger partial charge in [0, 0.05) is 11.8 Å². The number of methoxy groups -OCH3 is 2. The SMILES string of the molecule is CCCS(=O)(=O)NCC(=O)Nc1ccc(OC)c(OC)c1. The maximum Gasteiger partial charge on any atom is 0.239 e. The second-order valence-electron chi connectivity index (χ2n) is 4.26. The Morgan fingerprint density at radius 1 is 1.19 bits per heavy atom. The highest BCUT2D eigenvalue weighted by Gasteiger charge is 2.12. The molecule has 0 aliphatic carbocycles. The number of anilines is 1. The first-order valence-electron chi connectivity index (χ1n) is 6.41. The largest absolute Gasteiger partial charge is 0.493 e. The quantitative estimate of drug-likeness (QED) is 0.745. The first kappa shape index (κ1) is 17.3. The van der Waals surface area contributed by atoms with E-state index in [-0.39, 0.29) is 12.3 Å². The maximum atomic E-state index is 11.7. The first-order chi connectivity index (χ1) is 9.91. The van der Waals surface area contributed by atoms with Gasteiger partial charge in [-0.2, -0.15) is 0 Å². The van der Waals surface area contributed by atoms with Crippen LogP contribution in [0, 0.1) is 0 Å². The van der Waals surface area contributed by atoms with Crippen molar-refractivity contribution in [3.63, 3.8) is 0 Å². The van der Waals surface area contributed by atoms with E-state index in [2.05, 4.69) is 10.0 Å². The molecular formula is C13H20N2O5S. The summed E-state index contributed by atoms with van der Waals surface area (Å²) in [6.45, 7) is 1.44. The number of benzene rings is 1. The highest BCUT2D eigenvalue weighted by Crippen LogP contribution is 2.29. The van der Waals surface area contributed by atoms with Crippen molar-refractivity contribution in [2.45, 2.75) is 13.3 Å². The fraction of sp³-hybridized carbons (Fsp3) is 0.462. The van der Waals surface area contributed by atoms with Gasteiger partial charge in [-0.05, 0) is 18.6 Å². The molecule has 21 heavy (non-hydrogen) atoms. The number of hydrogen-bond donors (Lipinski definition) is 2. The van der Waals surface area contributed by atoms with Crippen LogP contribution in [0.5, 0.6) is 11.5 Å². The van der Waals surface area contributed by atoms with E-state index in [1.54, 1.807) is 25.1 Å². The molecule has 0 aliphatic rings. The molecule has 0 atom stereocenters. The molecule has 0 saturated carbocycles. The van der Waals surface area contributed by atoms with E-state index < -0.39 is 15.9 Å². The van der Waals surface area contributed by atoms with E-state index in [4.69, 9.17) is 9.47 Å². The minimum atomic E-state index is -3.40. The summed E-state index contributed by atoms with van der Waals surface area (Å²) in [6, 6.07) is 4.88. The lowest BCUT2D eigenvalue weighted by Gasteiger charge is -2.11. The minimum Gasteiger partial charge on any atom is -0.493 e. The third kappa shape index (κ3) is 5.60. The third-order valence-corrected chi connectivity index (χ3v) is 4.12. The average molecular weight is 316 g/mol. The van der Waals surface area contributed by atoms with E-state index in [0.29, 0.717) is 23.6 Å². The summed E-state index contributed by atoms with van der Waals surface area (Å²) in [6.07, 6.45) is 0.493. The van der Waals surface area contributed by atoms with Gasteiger partial charge in [0.05, 0.1) is 26.5 Å². The van der Waals surface area contributed by atoms with Crippen LogP contribution in [0.3, 0.4) is 0 Å². The molecule has 0 aromatic heterocycles. The lowest BCUT2D eigenvalue weighted by atomic mass is 10.2. The molecule has 0 bridgehead atoms. The molecule has 1 rings (SSSR count). The van der Waals surface area contributed by atoms with Gasteiger partial charge >= 0.3 is 0 Å². The molecule has 1 amide bonds. The summed E-state index contributed by atoms with van der Waals surface area (Å²) >= 11 is 0. The Kier molecular flexibility index (Phi) is 6.44. The molecule has 0 unspecified atom stereocenters. The number of ether oxygens (including phenoxy) is 2. The smallest absolute Gasteiger partial charge is 0.239 e. The number of nitrogens with one attached hydrogen (secondary N) is 2. The Hall–Kier alpha value is -1.80. The van der Waals surface area contributed by atoms with Crippen LogP contribution in [0.2, 0.25) is 0 Å². The number of amides is 1. The summed E-state index contributed by atoms with van der Waals surface area (Å²) in [5.74, 6) is 0.555. The van der Waals surface area contributed by atoms with Crippen LogP contribution in [0.1, 0.15) is 13.3 Å². The second kappa shape index (κ2) is 7.84. The van der Waals surface area contributed by atoms with Crippen molar-refractivity contribution in [2.24, 2.45) is 0 Å². The van der Waals surface area contributed by atoms with Crippen molar-refractivity contribution in [2.75, 3.05) is 31.8 Å². The van der Waals surface area contributed by atoms with Crippen molar-refractivity contribution in [3.05, 3.63) is 18.2 Å². The van der Waals surface area contributed by atoms with Crippen molar-refractivity contribution < 1.29 is 22.7 Å². The molecule has 1 aromatic rings. The zero-order valence-electron chi connectivity index (χ0n) is 12.3. The minimum absolute atomic E-state index is 0.00333. The molecule has 7 nitrogen and oxygen atoms in total. The number of hydrogen-bond acceptors (Lipinski definition) is 5. The van der Waals surface area contributed by atoms with Gasteiger partial charge in [0.1, 0.15) is 0 Å². The fourth-order valence-electron chi connectivity index (χ4n) is 1.64. The number of rotatable bonds is 8. The number of carbonyl (C=O) groups excluding carboxylic acids is 1. The molecule has 0 radical (unpaired) electrons. The van der Waals surface area contributed by atoms with Crippen LogP contribution >= 0.6 is 0 Å². The van der Waals surface area contributed by atoms with E-state index in [1.165, 1.54) is 14.2 Å². The molecule has 0 saturated heterocycles. The molecule has 118 valence electrons. The highest BCUT2D eigenvalue weighted by atomic mass is 32.2. The molecule has 2 N–H and O–H groups in total. The maximum absolute atomic E-state index is 11.7. The van der Waals surface area contributed by atoms with Gasteiger partial charge in [-0.15, -0.1) is 0 Å². The number of sulfonamides is 1. The van der Waals surface area contributed by atoms with Gasteiger partial charge in [0.2, 0.25) is 15.9 Å². The van der Waals surface area contributed by atoms with Gasteiger partial charge in [0.15, 0.2) is 11.5 Å². The summed E-state index contributed by atoms with van der Waals surface area (Å²) < 4.78 is 35.3. The Bertz CT molecular complexity index is 586. The van der Waals surface area contributed by atoms with Crippen LogP contribution < -0.4 is 19.5 Å². The predicted molar refractivity (Wildman–Crippen MR) is 80.3 cm³/mol. The molecular weight excluding hydrogens is 296 g/mol. The Labute approximate surface area is 124 Å². The van der Waals surface area contributed by atoms with Crippen LogP contribution in [-0.2, 0) is 14.8 Å². The summed E-state index contributed by atoms with van der Waals surface area (Å²) in [5.41, 5.74) is 0.493. The molecule has 1 aromatic carbocycles. The Balaban J connectivity index is 2.63.